The summed E-state index contributed by atoms with van der Waals surface area (Å²) in [6.07, 6.45) is 11.5. The lowest BCUT2D eigenvalue weighted by Gasteiger charge is -2.40. The van der Waals surface area contributed by atoms with Gasteiger partial charge in [0.15, 0.2) is 0 Å². The van der Waals surface area contributed by atoms with Crippen LogP contribution in [0.1, 0.15) is 69.4 Å². The van der Waals surface area contributed by atoms with Crippen LogP contribution >= 0.6 is 0 Å². The average Bonchev–Trinajstić information content (AvgIpc) is 2.53. The predicted molar refractivity (Wildman–Crippen MR) is 98.2 cm³/mol. The standard InChI is InChI=1S/C22H32/c1-18(2)14-17-22(15-8-5-9-16-22)20(4)12-13-21-11-7-6-10-19(21)3/h6-7,10-11H,1,4-5,8-9,12-17H2,2-3H3. The summed E-state index contributed by atoms with van der Waals surface area (Å²) < 4.78 is 0. The van der Waals surface area contributed by atoms with Gasteiger partial charge < -0.3 is 0 Å². The monoisotopic (exact) mass is 296 g/mol. The summed E-state index contributed by atoms with van der Waals surface area (Å²) in [5.41, 5.74) is 6.10. The highest BCUT2D eigenvalue weighted by Gasteiger charge is 2.33. The zero-order valence-electron chi connectivity index (χ0n) is 14.6. The largest absolute Gasteiger partial charge is 0.100 e. The van der Waals surface area contributed by atoms with Gasteiger partial charge in [0, 0.05) is 0 Å². The summed E-state index contributed by atoms with van der Waals surface area (Å²) in [7, 11) is 0. The highest BCUT2D eigenvalue weighted by molar-refractivity contribution is 5.27. The lowest BCUT2D eigenvalue weighted by molar-refractivity contribution is 0.216. The second-order valence-corrected chi connectivity index (χ2v) is 7.33. The van der Waals surface area contributed by atoms with E-state index in [-0.39, 0.29) is 0 Å². The van der Waals surface area contributed by atoms with E-state index in [1.54, 1.807) is 0 Å². The molecule has 0 amide bonds. The van der Waals surface area contributed by atoms with Gasteiger partial charge in [-0.15, -0.1) is 6.58 Å². The van der Waals surface area contributed by atoms with Crippen LogP contribution in [0.4, 0.5) is 0 Å². The van der Waals surface area contributed by atoms with Crippen LogP contribution in [0.3, 0.4) is 0 Å². The highest BCUT2D eigenvalue weighted by Crippen LogP contribution is 2.47. The molecule has 1 saturated carbocycles. The van der Waals surface area contributed by atoms with Crippen molar-refractivity contribution in [3.63, 3.8) is 0 Å². The third-order valence-corrected chi connectivity index (χ3v) is 5.55. The summed E-state index contributed by atoms with van der Waals surface area (Å²) >= 11 is 0. The third kappa shape index (κ3) is 4.35. The Morgan fingerprint density at radius 2 is 1.73 bits per heavy atom. The number of allylic oxidation sites excluding steroid dienone is 2. The molecule has 0 nitrogen and oxygen atoms in total. The fourth-order valence-electron chi connectivity index (χ4n) is 3.90. The molecule has 120 valence electrons. The van der Waals surface area contributed by atoms with Crippen molar-refractivity contribution < 1.29 is 0 Å². The molecule has 0 saturated heterocycles. The quantitative estimate of drug-likeness (QED) is 0.486. The SMILES string of the molecule is C=C(C)CCC1(C(=C)CCc2ccccc2C)CCCCC1. The fourth-order valence-corrected chi connectivity index (χ4v) is 3.90. The van der Waals surface area contributed by atoms with Crippen LogP contribution < -0.4 is 0 Å². The van der Waals surface area contributed by atoms with Gasteiger partial charge in [-0.1, -0.05) is 61.3 Å². The first-order chi connectivity index (χ1) is 10.5. The zero-order valence-corrected chi connectivity index (χ0v) is 14.6. The Kier molecular flexibility index (Phi) is 6.06. The van der Waals surface area contributed by atoms with Crippen molar-refractivity contribution in [2.24, 2.45) is 5.41 Å². The van der Waals surface area contributed by atoms with Gasteiger partial charge in [-0.05, 0) is 68.9 Å². The average molecular weight is 296 g/mol. The van der Waals surface area contributed by atoms with Crippen LogP contribution in [-0.2, 0) is 6.42 Å². The molecule has 0 spiro atoms. The van der Waals surface area contributed by atoms with E-state index in [1.807, 2.05) is 0 Å². The number of aryl methyl sites for hydroxylation is 2. The highest BCUT2D eigenvalue weighted by atomic mass is 14.4. The van der Waals surface area contributed by atoms with E-state index in [9.17, 15) is 0 Å². The van der Waals surface area contributed by atoms with E-state index in [2.05, 4.69) is 51.3 Å². The molecule has 0 unspecified atom stereocenters. The molecule has 0 radical (unpaired) electrons. The lowest BCUT2D eigenvalue weighted by Crippen LogP contribution is -2.26. The summed E-state index contributed by atoms with van der Waals surface area (Å²) in [6.45, 7) is 13.0. The zero-order chi connectivity index (χ0) is 16.0. The van der Waals surface area contributed by atoms with Crippen molar-refractivity contribution in [1.82, 2.24) is 0 Å². The van der Waals surface area contributed by atoms with Crippen molar-refractivity contribution in [3.8, 4) is 0 Å². The molecule has 2 rings (SSSR count). The molecular weight excluding hydrogens is 264 g/mol. The summed E-state index contributed by atoms with van der Waals surface area (Å²) in [5, 5.41) is 0. The topological polar surface area (TPSA) is 0 Å². The molecule has 22 heavy (non-hydrogen) atoms. The summed E-state index contributed by atoms with van der Waals surface area (Å²) in [6, 6.07) is 8.77. The minimum Gasteiger partial charge on any atom is -0.100 e. The first kappa shape index (κ1) is 17.1. The Morgan fingerprint density at radius 3 is 2.36 bits per heavy atom. The van der Waals surface area contributed by atoms with E-state index < -0.39 is 0 Å². The Bertz CT molecular complexity index is 515. The van der Waals surface area contributed by atoms with Crippen molar-refractivity contribution in [2.45, 2.75) is 71.6 Å². The second kappa shape index (κ2) is 7.81. The predicted octanol–water partition coefficient (Wildman–Crippen LogP) is 6.79. The second-order valence-electron chi connectivity index (χ2n) is 7.33. The van der Waals surface area contributed by atoms with Crippen molar-refractivity contribution >= 4 is 0 Å². The lowest BCUT2D eigenvalue weighted by atomic mass is 9.65. The Hall–Kier alpha value is -1.30. The van der Waals surface area contributed by atoms with Crippen LogP contribution in [0.25, 0.3) is 0 Å². The van der Waals surface area contributed by atoms with Crippen molar-refractivity contribution in [3.05, 3.63) is 59.7 Å². The normalized spacial score (nSPS) is 17.2. The smallest absolute Gasteiger partial charge is 0.00876 e. The first-order valence-electron chi connectivity index (χ1n) is 8.91. The van der Waals surface area contributed by atoms with E-state index >= 15 is 0 Å². The minimum absolute atomic E-state index is 0.389. The maximum Gasteiger partial charge on any atom is -0.00876 e. The molecule has 1 aromatic carbocycles. The number of hydrogen-bond donors (Lipinski definition) is 0. The molecule has 0 heteroatoms. The van der Waals surface area contributed by atoms with E-state index in [1.165, 1.54) is 60.8 Å². The summed E-state index contributed by atoms with van der Waals surface area (Å²) in [5.74, 6) is 0. The van der Waals surface area contributed by atoms with Gasteiger partial charge in [-0.2, -0.15) is 0 Å². The number of hydrogen-bond acceptors (Lipinski definition) is 0. The van der Waals surface area contributed by atoms with Gasteiger partial charge >= 0.3 is 0 Å². The van der Waals surface area contributed by atoms with Crippen LogP contribution in [0, 0.1) is 12.3 Å². The van der Waals surface area contributed by atoms with Gasteiger partial charge in [0.2, 0.25) is 0 Å². The number of rotatable bonds is 7. The summed E-state index contributed by atoms with van der Waals surface area (Å²) in [4.78, 5) is 0. The van der Waals surface area contributed by atoms with E-state index in [4.69, 9.17) is 0 Å². The molecule has 1 aliphatic rings. The Morgan fingerprint density at radius 1 is 1.05 bits per heavy atom. The molecular formula is C22H32. The maximum atomic E-state index is 4.54. The van der Waals surface area contributed by atoms with Gasteiger partial charge in [0.05, 0.1) is 0 Å². The van der Waals surface area contributed by atoms with Gasteiger partial charge in [0.25, 0.3) is 0 Å². The molecule has 1 fully saturated rings. The van der Waals surface area contributed by atoms with Crippen LogP contribution in [0.5, 0.6) is 0 Å². The first-order valence-corrected chi connectivity index (χ1v) is 8.91. The maximum absolute atomic E-state index is 4.54. The number of benzene rings is 1. The van der Waals surface area contributed by atoms with Crippen LogP contribution in [-0.4, -0.2) is 0 Å². The molecule has 0 atom stereocenters. The molecule has 0 N–H and O–H groups in total. The van der Waals surface area contributed by atoms with Crippen LogP contribution in [0.2, 0.25) is 0 Å². The Balaban J connectivity index is 2.02. The van der Waals surface area contributed by atoms with Gasteiger partial charge in [-0.3, -0.25) is 0 Å². The van der Waals surface area contributed by atoms with Gasteiger partial charge in [-0.25, -0.2) is 0 Å². The van der Waals surface area contributed by atoms with Gasteiger partial charge in [0.1, 0.15) is 0 Å². The van der Waals surface area contributed by atoms with Crippen molar-refractivity contribution in [2.75, 3.05) is 0 Å². The third-order valence-electron chi connectivity index (χ3n) is 5.55. The molecule has 0 bridgehead atoms. The fraction of sp³-hybridized carbons (Fsp3) is 0.545. The van der Waals surface area contributed by atoms with Crippen LogP contribution in [0.15, 0.2) is 48.6 Å². The molecule has 1 aliphatic carbocycles. The molecule has 0 aliphatic heterocycles. The van der Waals surface area contributed by atoms with Crippen molar-refractivity contribution in [1.29, 1.82) is 0 Å². The Labute approximate surface area is 137 Å². The molecule has 1 aromatic rings. The minimum atomic E-state index is 0.389. The van der Waals surface area contributed by atoms with E-state index in [0.717, 1.165) is 19.3 Å². The van der Waals surface area contributed by atoms with E-state index in [0.29, 0.717) is 5.41 Å². The molecule has 0 aromatic heterocycles. The molecule has 0 heterocycles.